The van der Waals surface area contributed by atoms with Crippen molar-refractivity contribution in [2.45, 2.75) is 50.2 Å². The number of carbonyl (C=O) groups is 1. The number of aliphatic carboxylic acids is 1. The minimum absolute atomic E-state index is 0.231. The van der Waals surface area contributed by atoms with Crippen molar-refractivity contribution in [1.29, 1.82) is 0 Å². The van der Waals surface area contributed by atoms with Crippen LogP contribution < -0.4 is 5.73 Å². The Labute approximate surface area is 103 Å². The summed E-state index contributed by atoms with van der Waals surface area (Å²) >= 11 is 0. The molecule has 0 aliphatic heterocycles. The molecule has 0 amide bonds. The summed E-state index contributed by atoms with van der Waals surface area (Å²) in [6, 6.07) is 0.510. The molecule has 1 rings (SSSR count). The maximum absolute atomic E-state index is 11.2. The van der Waals surface area contributed by atoms with E-state index in [1.165, 1.54) is 0 Å². The van der Waals surface area contributed by atoms with Crippen LogP contribution in [0.5, 0.6) is 0 Å². The molecular formula is C12H24N2O3. The highest BCUT2D eigenvalue weighted by molar-refractivity contribution is 5.78. The Kier molecular flexibility index (Phi) is 4.91. The number of rotatable bonds is 5. The van der Waals surface area contributed by atoms with Crippen molar-refractivity contribution in [2.24, 2.45) is 5.73 Å². The van der Waals surface area contributed by atoms with E-state index in [9.17, 15) is 9.90 Å². The summed E-state index contributed by atoms with van der Waals surface area (Å²) in [5.41, 5.74) is 4.90. The molecule has 0 aromatic heterocycles. The van der Waals surface area contributed by atoms with Crippen molar-refractivity contribution in [3.8, 4) is 0 Å². The first-order valence-electron chi connectivity index (χ1n) is 6.14. The average Bonchev–Trinajstić information content (AvgIpc) is 2.28. The molecular weight excluding hydrogens is 220 g/mol. The number of carboxylic acid groups (broad SMARTS) is 1. The van der Waals surface area contributed by atoms with Crippen molar-refractivity contribution in [3.63, 3.8) is 0 Å². The van der Waals surface area contributed by atoms with Gasteiger partial charge in [0.15, 0.2) is 0 Å². The maximum Gasteiger partial charge on any atom is 0.323 e. The smallest absolute Gasteiger partial charge is 0.323 e. The lowest BCUT2D eigenvalue weighted by Crippen LogP contribution is -2.56. The van der Waals surface area contributed by atoms with Gasteiger partial charge in [0.05, 0.1) is 6.61 Å². The van der Waals surface area contributed by atoms with Gasteiger partial charge in [-0.2, -0.15) is 0 Å². The van der Waals surface area contributed by atoms with Gasteiger partial charge in [-0.25, -0.2) is 0 Å². The Morgan fingerprint density at radius 2 is 2.35 bits per heavy atom. The van der Waals surface area contributed by atoms with Crippen LogP contribution in [0.25, 0.3) is 0 Å². The SMILES string of the molecule is COCC(C)N(C)C1CCCC(N)(C(=O)O)C1. The van der Waals surface area contributed by atoms with Crippen LogP contribution in [0.2, 0.25) is 0 Å². The summed E-state index contributed by atoms with van der Waals surface area (Å²) in [5, 5.41) is 9.17. The highest BCUT2D eigenvalue weighted by atomic mass is 16.5. The van der Waals surface area contributed by atoms with E-state index in [0.29, 0.717) is 19.4 Å². The molecule has 0 radical (unpaired) electrons. The van der Waals surface area contributed by atoms with Crippen molar-refractivity contribution >= 4 is 5.97 Å². The summed E-state index contributed by atoms with van der Waals surface area (Å²) in [7, 11) is 3.69. The van der Waals surface area contributed by atoms with Gasteiger partial charge >= 0.3 is 5.97 Å². The number of nitrogens with zero attached hydrogens (tertiary/aromatic N) is 1. The van der Waals surface area contributed by atoms with Gasteiger partial charge in [-0.3, -0.25) is 9.69 Å². The first kappa shape index (κ1) is 14.4. The van der Waals surface area contributed by atoms with E-state index >= 15 is 0 Å². The number of likely N-dealkylation sites (N-methyl/N-ethyl adjacent to an activating group) is 1. The molecule has 0 aromatic carbocycles. The quantitative estimate of drug-likeness (QED) is 0.743. The lowest BCUT2D eigenvalue weighted by atomic mass is 9.79. The van der Waals surface area contributed by atoms with E-state index in [1.54, 1.807) is 7.11 Å². The van der Waals surface area contributed by atoms with Gasteiger partial charge in [-0.05, 0) is 39.7 Å². The lowest BCUT2D eigenvalue weighted by Gasteiger charge is -2.41. The van der Waals surface area contributed by atoms with Crippen LogP contribution in [0.15, 0.2) is 0 Å². The zero-order valence-electron chi connectivity index (χ0n) is 11.0. The Balaban J connectivity index is 2.63. The monoisotopic (exact) mass is 244 g/mol. The molecule has 1 fully saturated rings. The number of methoxy groups -OCH3 is 1. The van der Waals surface area contributed by atoms with Crippen LogP contribution in [0, 0.1) is 0 Å². The van der Waals surface area contributed by atoms with E-state index < -0.39 is 11.5 Å². The third-order valence-corrected chi connectivity index (χ3v) is 3.87. The van der Waals surface area contributed by atoms with E-state index in [2.05, 4.69) is 11.8 Å². The third kappa shape index (κ3) is 3.40. The summed E-state index contributed by atoms with van der Waals surface area (Å²) in [6.07, 6.45) is 2.98. The number of hydrogen-bond acceptors (Lipinski definition) is 4. The fourth-order valence-electron chi connectivity index (χ4n) is 2.54. The minimum atomic E-state index is -1.05. The number of carboxylic acids is 1. The van der Waals surface area contributed by atoms with Crippen molar-refractivity contribution < 1.29 is 14.6 Å². The Bertz CT molecular complexity index is 272. The highest BCUT2D eigenvalue weighted by Crippen LogP contribution is 2.30. The summed E-state index contributed by atoms with van der Waals surface area (Å²) in [6.45, 7) is 2.73. The van der Waals surface area contributed by atoms with E-state index in [1.807, 2.05) is 7.05 Å². The molecule has 0 bridgehead atoms. The largest absolute Gasteiger partial charge is 0.480 e. The van der Waals surface area contributed by atoms with Crippen LogP contribution in [0.3, 0.4) is 0 Å². The molecule has 0 saturated heterocycles. The van der Waals surface area contributed by atoms with Crippen molar-refractivity contribution in [2.75, 3.05) is 20.8 Å². The second-order valence-corrected chi connectivity index (χ2v) is 5.18. The van der Waals surface area contributed by atoms with E-state index in [0.717, 1.165) is 12.8 Å². The molecule has 3 unspecified atom stereocenters. The van der Waals surface area contributed by atoms with E-state index in [-0.39, 0.29) is 12.1 Å². The number of hydrogen-bond donors (Lipinski definition) is 2. The first-order valence-corrected chi connectivity index (χ1v) is 6.14. The predicted octanol–water partition coefficient (Wildman–Crippen LogP) is 0.678. The molecule has 17 heavy (non-hydrogen) atoms. The minimum Gasteiger partial charge on any atom is -0.480 e. The molecule has 1 aliphatic rings. The molecule has 100 valence electrons. The van der Waals surface area contributed by atoms with Crippen LogP contribution in [-0.4, -0.2) is 54.4 Å². The molecule has 0 heterocycles. The zero-order chi connectivity index (χ0) is 13.1. The maximum atomic E-state index is 11.2. The van der Waals surface area contributed by atoms with Crippen LogP contribution in [-0.2, 0) is 9.53 Å². The van der Waals surface area contributed by atoms with Gasteiger partial charge in [-0.1, -0.05) is 0 Å². The van der Waals surface area contributed by atoms with Gasteiger partial charge in [-0.15, -0.1) is 0 Å². The average molecular weight is 244 g/mol. The van der Waals surface area contributed by atoms with Gasteiger partial charge in [0.1, 0.15) is 5.54 Å². The summed E-state index contributed by atoms with van der Waals surface area (Å²) in [4.78, 5) is 13.4. The van der Waals surface area contributed by atoms with Crippen molar-refractivity contribution in [3.05, 3.63) is 0 Å². The molecule has 0 aromatic rings. The Morgan fingerprint density at radius 1 is 1.71 bits per heavy atom. The van der Waals surface area contributed by atoms with Gasteiger partial charge < -0.3 is 15.6 Å². The molecule has 5 nitrogen and oxygen atoms in total. The van der Waals surface area contributed by atoms with Crippen LogP contribution in [0.1, 0.15) is 32.6 Å². The van der Waals surface area contributed by atoms with Crippen LogP contribution in [0.4, 0.5) is 0 Å². The molecule has 3 N–H and O–H groups in total. The van der Waals surface area contributed by atoms with Crippen molar-refractivity contribution in [1.82, 2.24) is 4.90 Å². The topological polar surface area (TPSA) is 75.8 Å². The zero-order valence-corrected chi connectivity index (χ0v) is 11.0. The molecule has 3 atom stereocenters. The van der Waals surface area contributed by atoms with Crippen LogP contribution >= 0.6 is 0 Å². The third-order valence-electron chi connectivity index (χ3n) is 3.87. The van der Waals surface area contributed by atoms with Gasteiger partial charge in [0, 0.05) is 19.2 Å². The summed E-state index contributed by atoms with van der Waals surface area (Å²) in [5.74, 6) is -0.880. The molecule has 1 aliphatic carbocycles. The lowest BCUT2D eigenvalue weighted by molar-refractivity contribution is -0.145. The molecule has 0 spiro atoms. The highest BCUT2D eigenvalue weighted by Gasteiger charge is 2.41. The fourth-order valence-corrected chi connectivity index (χ4v) is 2.54. The molecule has 1 saturated carbocycles. The first-order chi connectivity index (χ1) is 7.90. The fraction of sp³-hybridized carbons (Fsp3) is 0.917. The van der Waals surface area contributed by atoms with Gasteiger partial charge in [0.2, 0.25) is 0 Å². The number of ether oxygens (including phenoxy) is 1. The normalized spacial score (nSPS) is 31.5. The second-order valence-electron chi connectivity index (χ2n) is 5.18. The predicted molar refractivity (Wildman–Crippen MR) is 65.9 cm³/mol. The Hall–Kier alpha value is -0.650. The molecule has 5 heteroatoms. The van der Waals surface area contributed by atoms with Gasteiger partial charge in [0.25, 0.3) is 0 Å². The second kappa shape index (κ2) is 5.80. The standard InChI is InChI=1S/C12H24N2O3/c1-9(8-17-3)14(2)10-5-4-6-12(13,7-10)11(15)16/h9-10H,4-8,13H2,1-3H3,(H,15,16). The number of nitrogens with two attached hydrogens (primary N) is 1. The Morgan fingerprint density at radius 3 is 2.88 bits per heavy atom. The summed E-state index contributed by atoms with van der Waals surface area (Å²) < 4.78 is 5.13. The van der Waals surface area contributed by atoms with E-state index in [4.69, 9.17) is 10.5 Å².